The van der Waals surface area contributed by atoms with Gasteiger partial charge in [0.2, 0.25) is 0 Å². The summed E-state index contributed by atoms with van der Waals surface area (Å²) >= 11 is 5.98. The molecule has 0 heterocycles. The summed E-state index contributed by atoms with van der Waals surface area (Å²) in [5.41, 5.74) is 0.558. The molecule has 8 heteroatoms. The molecule has 0 saturated heterocycles. The van der Waals surface area contributed by atoms with Crippen LogP contribution in [-0.4, -0.2) is 40.3 Å². The van der Waals surface area contributed by atoms with Crippen molar-refractivity contribution in [2.75, 3.05) is 13.1 Å². The van der Waals surface area contributed by atoms with E-state index in [9.17, 15) is 23.5 Å². The molecule has 1 atom stereocenters. The van der Waals surface area contributed by atoms with E-state index in [1.807, 2.05) is 13.0 Å². The third kappa shape index (κ3) is 7.59. The summed E-state index contributed by atoms with van der Waals surface area (Å²) in [6, 6.07) is 3.70. The van der Waals surface area contributed by atoms with Gasteiger partial charge in [0, 0.05) is 29.3 Å². The van der Waals surface area contributed by atoms with E-state index in [-0.39, 0.29) is 23.4 Å². The van der Waals surface area contributed by atoms with Crippen LogP contribution in [0.2, 0.25) is 0 Å². The molecule has 0 amide bonds. The first-order chi connectivity index (χ1) is 15.0. The first kappa shape index (κ1) is 26.3. The van der Waals surface area contributed by atoms with Crippen LogP contribution in [0.3, 0.4) is 0 Å². The molecule has 0 spiro atoms. The van der Waals surface area contributed by atoms with Gasteiger partial charge in [0.15, 0.2) is 0 Å². The van der Waals surface area contributed by atoms with Crippen LogP contribution in [0.25, 0.3) is 5.57 Å². The first-order valence-electron chi connectivity index (χ1n) is 10.6. The molecule has 0 radical (unpaired) electrons. The lowest BCUT2D eigenvalue weighted by molar-refractivity contribution is -0.137. The number of aliphatic hydroxyl groups is 1. The number of para-hydroxylation sites is 1. The van der Waals surface area contributed by atoms with Gasteiger partial charge in [0.1, 0.15) is 0 Å². The van der Waals surface area contributed by atoms with E-state index < -0.39 is 17.8 Å². The summed E-state index contributed by atoms with van der Waals surface area (Å²) in [7, 11) is 0. The van der Waals surface area contributed by atoms with Gasteiger partial charge in [0.05, 0.1) is 23.9 Å². The quantitative estimate of drug-likeness (QED) is 0.289. The molecule has 0 aliphatic heterocycles. The van der Waals surface area contributed by atoms with Crippen LogP contribution in [0, 0.1) is 0 Å². The van der Waals surface area contributed by atoms with Crippen molar-refractivity contribution in [1.82, 2.24) is 5.06 Å². The molecular formula is C24H30ClF3N2O2. The number of alkyl halides is 3. The molecule has 176 valence electrons. The monoisotopic (exact) mass is 470 g/mol. The van der Waals surface area contributed by atoms with Crippen molar-refractivity contribution >= 4 is 28.6 Å². The van der Waals surface area contributed by atoms with Crippen molar-refractivity contribution in [3.8, 4) is 0 Å². The third-order valence-electron chi connectivity index (χ3n) is 5.21. The summed E-state index contributed by atoms with van der Waals surface area (Å²) in [6.07, 6.45) is 1.23. The summed E-state index contributed by atoms with van der Waals surface area (Å²) in [4.78, 5) is 4.32. The topological polar surface area (TPSA) is 56.1 Å². The van der Waals surface area contributed by atoms with Crippen LogP contribution in [0.15, 0.2) is 52.5 Å². The summed E-state index contributed by atoms with van der Waals surface area (Å²) in [5, 5.41) is 22.2. The highest BCUT2D eigenvalue weighted by atomic mass is 35.5. The molecular weight excluding hydrogens is 441 g/mol. The first-order valence-corrected chi connectivity index (χ1v) is 11.0. The van der Waals surface area contributed by atoms with Crippen LogP contribution in [0.4, 0.5) is 18.9 Å². The normalized spacial score (nSPS) is 16.1. The average Bonchev–Trinajstić information content (AvgIpc) is 2.72. The summed E-state index contributed by atoms with van der Waals surface area (Å²) < 4.78 is 41.3. The summed E-state index contributed by atoms with van der Waals surface area (Å²) in [5.74, 6) is 0. The van der Waals surface area contributed by atoms with Crippen LogP contribution in [0.1, 0.15) is 57.1 Å². The van der Waals surface area contributed by atoms with Crippen molar-refractivity contribution in [2.45, 2.75) is 58.2 Å². The van der Waals surface area contributed by atoms with Gasteiger partial charge >= 0.3 is 6.18 Å². The van der Waals surface area contributed by atoms with E-state index in [4.69, 9.17) is 11.6 Å². The number of unbranched alkanes of at least 4 members (excludes halogenated alkanes) is 1. The van der Waals surface area contributed by atoms with E-state index in [1.54, 1.807) is 13.0 Å². The second-order valence-electron chi connectivity index (χ2n) is 7.97. The molecule has 1 aliphatic carbocycles. The Morgan fingerprint density at radius 3 is 2.59 bits per heavy atom. The molecule has 0 bridgehead atoms. The number of halogens is 4. The Morgan fingerprint density at radius 2 is 2.00 bits per heavy atom. The second kappa shape index (κ2) is 11.8. The van der Waals surface area contributed by atoms with Gasteiger partial charge in [-0.05, 0) is 43.9 Å². The second-order valence-corrected chi connectivity index (χ2v) is 8.45. The Hall–Kier alpha value is -1.93. The van der Waals surface area contributed by atoms with Crippen molar-refractivity contribution in [2.24, 2.45) is 4.99 Å². The zero-order chi connectivity index (χ0) is 23.9. The number of aliphatic imine (C=N–C) groups is 1. The maximum absolute atomic E-state index is 13.8. The van der Waals surface area contributed by atoms with E-state index in [2.05, 4.69) is 11.6 Å². The highest BCUT2D eigenvalue weighted by Crippen LogP contribution is 2.41. The van der Waals surface area contributed by atoms with Crippen LogP contribution in [-0.2, 0) is 6.18 Å². The molecule has 32 heavy (non-hydrogen) atoms. The molecule has 0 saturated carbocycles. The third-order valence-corrected chi connectivity index (χ3v) is 5.53. The number of aliphatic hydroxyl groups excluding tert-OH is 1. The zero-order valence-corrected chi connectivity index (χ0v) is 19.2. The van der Waals surface area contributed by atoms with Gasteiger partial charge in [0.25, 0.3) is 0 Å². The lowest BCUT2D eigenvalue weighted by Crippen LogP contribution is -2.31. The zero-order valence-electron chi connectivity index (χ0n) is 18.4. The highest BCUT2D eigenvalue weighted by Gasteiger charge is 2.35. The average molecular weight is 471 g/mol. The van der Waals surface area contributed by atoms with E-state index in [0.717, 1.165) is 41.0 Å². The molecule has 2 N–H and O–H groups in total. The number of hydroxylamine groups is 2. The van der Waals surface area contributed by atoms with Gasteiger partial charge in [-0.2, -0.15) is 18.2 Å². The fourth-order valence-corrected chi connectivity index (χ4v) is 3.59. The predicted octanol–water partition coefficient (Wildman–Crippen LogP) is 6.90. The molecule has 0 aromatic heterocycles. The minimum absolute atomic E-state index is 0.0739. The minimum Gasteiger partial charge on any atom is -0.387 e. The molecule has 1 unspecified atom stereocenters. The van der Waals surface area contributed by atoms with Crippen molar-refractivity contribution in [3.63, 3.8) is 0 Å². The van der Waals surface area contributed by atoms with Gasteiger partial charge < -0.3 is 10.3 Å². The molecule has 4 nitrogen and oxygen atoms in total. The standard InChI is InChI=1S/C24H30ClF3N2O2/c1-4-5-13-30(32)15-22(31)17(3)20-7-6-8-21(24(26,27)28)23(20)29-16(2)14-18-9-11-19(25)12-10-18/h6-9,11,22,31-32H,3-5,10,12-15H2,1-2H3. The fraction of sp³-hybridized carbons (Fsp3) is 0.458. The van der Waals surface area contributed by atoms with Crippen molar-refractivity contribution in [1.29, 1.82) is 0 Å². The van der Waals surface area contributed by atoms with Gasteiger partial charge in [-0.15, -0.1) is 0 Å². The number of hydrogen-bond donors (Lipinski definition) is 2. The number of rotatable bonds is 10. The Kier molecular flexibility index (Phi) is 9.70. The maximum atomic E-state index is 13.8. The maximum Gasteiger partial charge on any atom is 0.418 e. The lowest BCUT2D eigenvalue weighted by atomic mass is 9.96. The van der Waals surface area contributed by atoms with Crippen molar-refractivity contribution < 1.29 is 23.5 Å². The number of allylic oxidation sites excluding steroid dienone is 4. The number of nitrogens with zero attached hydrogens (tertiary/aromatic N) is 2. The highest BCUT2D eigenvalue weighted by molar-refractivity contribution is 6.29. The van der Waals surface area contributed by atoms with Gasteiger partial charge in [-0.1, -0.05) is 55.3 Å². The molecule has 2 rings (SSSR count). The lowest BCUT2D eigenvalue weighted by Gasteiger charge is -2.22. The Balaban J connectivity index is 2.36. The predicted molar refractivity (Wildman–Crippen MR) is 123 cm³/mol. The molecule has 0 fully saturated rings. The van der Waals surface area contributed by atoms with E-state index in [0.29, 0.717) is 25.1 Å². The molecule has 1 aromatic rings. The van der Waals surface area contributed by atoms with E-state index >= 15 is 0 Å². The van der Waals surface area contributed by atoms with Gasteiger partial charge in [-0.25, -0.2) is 0 Å². The minimum atomic E-state index is -4.62. The molecule has 1 aromatic carbocycles. The number of benzene rings is 1. The van der Waals surface area contributed by atoms with Crippen LogP contribution < -0.4 is 0 Å². The SMILES string of the molecule is C=C(c1cccc(C(F)(F)F)c1N=C(C)CC1=CC=C(Cl)CC1)C(O)CN(O)CCCC. The van der Waals surface area contributed by atoms with Crippen LogP contribution >= 0.6 is 11.6 Å². The number of hydrogen-bond acceptors (Lipinski definition) is 4. The summed E-state index contributed by atoms with van der Waals surface area (Å²) in [6.45, 7) is 7.65. The Morgan fingerprint density at radius 1 is 1.28 bits per heavy atom. The van der Waals surface area contributed by atoms with Gasteiger partial charge in [-0.3, -0.25) is 4.99 Å². The molecule has 1 aliphatic rings. The van der Waals surface area contributed by atoms with E-state index in [1.165, 1.54) is 12.1 Å². The fourth-order valence-electron chi connectivity index (χ4n) is 3.43. The Labute approximate surface area is 192 Å². The Bertz CT molecular complexity index is 907. The smallest absolute Gasteiger partial charge is 0.387 e. The van der Waals surface area contributed by atoms with Crippen molar-refractivity contribution in [3.05, 3.63) is 58.7 Å². The largest absolute Gasteiger partial charge is 0.418 e. The van der Waals surface area contributed by atoms with Crippen LogP contribution in [0.5, 0.6) is 0 Å².